The number of hydrogen-bond acceptors (Lipinski definition) is 5. The molecule has 0 radical (unpaired) electrons. The summed E-state index contributed by atoms with van der Waals surface area (Å²) in [5.41, 5.74) is 1.30. The van der Waals surface area contributed by atoms with Gasteiger partial charge < -0.3 is 19.5 Å². The van der Waals surface area contributed by atoms with Gasteiger partial charge in [0.2, 0.25) is 5.91 Å². The lowest BCUT2D eigenvalue weighted by Gasteiger charge is -2.26. The van der Waals surface area contributed by atoms with Crippen LogP contribution in [-0.4, -0.2) is 66.7 Å². The molecule has 0 aliphatic carbocycles. The predicted molar refractivity (Wildman–Crippen MR) is 117 cm³/mol. The molecular formula is C23H28N4O4. The molecular weight excluding hydrogens is 396 g/mol. The number of nitrogens with zero attached hydrogens (tertiary/aromatic N) is 3. The molecule has 1 atom stereocenters. The molecule has 1 unspecified atom stereocenters. The molecule has 1 aromatic carbocycles. The average molecular weight is 425 g/mol. The molecule has 0 spiro atoms. The Labute approximate surface area is 181 Å². The Kier molecular flexibility index (Phi) is 6.48. The Morgan fingerprint density at radius 1 is 1.10 bits per heavy atom. The van der Waals surface area contributed by atoms with Crippen LogP contribution in [0.1, 0.15) is 22.3 Å². The minimum absolute atomic E-state index is 0.0378. The van der Waals surface area contributed by atoms with Crippen LogP contribution in [0, 0.1) is 6.92 Å². The first-order valence-corrected chi connectivity index (χ1v) is 10.7. The van der Waals surface area contributed by atoms with Crippen molar-refractivity contribution in [2.24, 2.45) is 0 Å². The Hall–Kier alpha value is -2.97. The molecule has 2 amide bonds. The van der Waals surface area contributed by atoms with E-state index in [4.69, 9.17) is 4.74 Å². The fourth-order valence-electron chi connectivity index (χ4n) is 4.11. The summed E-state index contributed by atoms with van der Waals surface area (Å²) in [7, 11) is 0. The van der Waals surface area contributed by atoms with Crippen molar-refractivity contribution in [3.63, 3.8) is 0 Å². The normalized spacial score (nSPS) is 19.6. The average Bonchev–Trinajstić information content (AvgIpc) is 3.14. The van der Waals surface area contributed by atoms with Crippen molar-refractivity contribution in [1.29, 1.82) is 0 Å². The molecule has 2 aliphatic heterocycles. The van der Waals surface area contributed by atoms with Crippen LogP contribution in [-0.2, 0) is 16.1 Å². The minimum Gasteiger partial charge on any atom is -0.379 e. The van der Waals surface area contributed by atoms with Crippen LogP contribution in [0.4, 0.5) is 5.69 Å². The number of carbonyl (C=O) groups is 2. The van der Waals surface area contributed by atoms with Gasteiger partial charge in [0.25, 0.3) is 11.5 Å². The van der Waals surface area contributed by atoms with E-state index in [0.29, 0.717) is 31.9 Å². The number of ether oxygens (including phenoxy) is 1. The van der Waals surface area contributed by atoms with Crippen LogP contribution in [0.25, 0.3) is 0 Å². The summed E-state index contributed by atoms with van der Waals surface area (Å²) >= 11 is 0. The van der Waals surface area contributed by atoms with E-state index in [-0.39, 0.29) is 29.5 Å². The standard InChI is InChI=1S/C23H28N4O4/c1-17-7-8-26(10-9-25-11-13-31-14-12-25)23(30)21(17)22(29)24-18-15-20(28)27(16-18)19-5-3-2-4-6-19/h2-8,18H,9-16H2,1H3,(H,24,29). The molecule has 0 bridgehead atoms. The Morgan fingerprint density at radius 2 is 1.84 bits per heavy atom. The number of rotatable bonds is 6. The van der Waals surface area contributed by atoms with E-state index in [9.17, 15) is 14.4 Å². The van der Waals surface area contributed by atoms with E-state index in [1.807, 2.05) is 30.3 Å². The van der Waals surface area contributed by atoms with Gasteiger partial charge >= 0.3 is 0 Å². The number of anilines is 1. The zero-order valence-electron chi connectivity index (χ0n) is 17.8. The molecule has 2 aliphatic rings. The highest BCUT2D eigenvalue weighted by Gasteiger charge is 2.32. The summed E-state index contributed by atoms with van der Waals surface area (Å²) in [5.74, 6) is -0.458. The molecule has 2 aromatic rings. The number of pyridine rings is 1. The van der Waals surface area contributed by atoms with Gasteiger partial charge in [-0.05, 0) is 30.7 Å². The lowest BCUT2D eigenvalue weighted by Crippen LogP contribution is -2.42. The van der Waals surface area contributed by atoms with E-state index in [0.717, 1.165) is 25.3 Å². The maximum atomic E-state index is 13.0. The predicted octanol–water partition coefficient (Wildman–Crippen LogP) is 1.02. The first-order chi connectivity index (χ1) is 15.0. The summed E-state index contributed by atoms with van der Waals surface area (Å²) in [6, 6.07) is 10.9. The van der Waals surface area contributed by atoms with Gasteiger partial charge in [0.15, 0.2) is 0 Å². The maximum absolute atomic E-state index is 13.0. The number of aryl methyl sites for hydroxylation is 1. The van der Waals surface area contributed by atoms with Crippen LogP contribution in [0.15, 0.2) is 47.4 Å². The number of carbonyl (C=O) groups excluding carboxylic acids is 2. The zero-order chi connectivity index (χ0) is 21.8. The lowest BCUT2D eigenvalue weighted by molar-refractivity contribution is -0.117. The lowest BCUT2D eigenvalue weighted by atomic mass is 10.1. The number of hydrogen-bond donors (Lipinski definition) is 1. The molecule has 0 saturated carbocycles. The van der Waals surface area contributed by atoms with Gasteiger partial charge in [-0.2, -0.15) is 0 Å². The van der Waals surface area contributed by atoms with Crippen LogP contribution in [0.3, 0.4) is 0 Å². The molecule has 8 nitrogen and oxygen atoms in total. The highest BCUT2D eigenvalue weighted by Crippen LogP contribution is 2.21. The summed E-state index contributed by atoms with van der Waals surface area (Å²) in [5, 5.41) is 2.90. The molecule has 8 heteroatoms. The molecule has 2 saturated heterocycles. The monoisotopic (exact) mass is 424 g/mol. The third-order valence-electron chi connectivity index (χ3n) is 5.89. The van der Waals surface area contributed by atoms with E-state index < -0.39 is 5.91 Å². The van der Waals surface area contributed by atoms with Crippen molar-refractivity contribution in [2.75, 3.05) is 44.3 Å². The Balaban J connectivity index is 1.43. The molecule has 3 heterocycles. The molecule has 1 aromatic heterocycles. The summed E-state index contributed by atoms with van der Waals surface area (Å²) in [6.07, 6.45) is 1.96. The SMILES string of the molecule is Cc1ccn(CCN2CCOCC2)c(=O)c1C(=O)NC1CC(=O)N(c2ccccc2)C1. The number of morpholine rings is 1. The van der Waals surface area contributed by atoms with Gasteiger partial charge in [-0.1, -0.05) is 18.2 Å². The number of benzene rings is 1. The highest BCUT2D eigenvalue weighted by atomic mass is 16.5. The third-order valence-corrected chi connectivity index (χ3v) is 5.89. The number of para-hydroxylation sites is 1. The van der Waals surface area contributed by atoms with Gasteiger partial charge in [-0.15, -0.1) is 0 Å². The van der Waals surface area contributed by atoms with Crippen LogP contribution in [0.5, 0.6) is 0 Å². The molecule has 2 fully saturated rings. The molecule has 164 valence electrons. The number of aromatic nitrogens is 1. The first-order valence-electron chi connectivity index (χ1n) is 10.7. The quantitative estimate of drug-likeness (QED) is 0.749. The number of amides is 2. The van der Waals surface area contributed by atoms with Gasteiger partial charge in [-0.3, -0.25) is 19.3 Å². The van der Waals surface area contributed by atoms with Gasteiger partial charge in [0.05, 0.1) is 19.3 Å². The van der Waals surface area contributed by atoms with Crippen molar-refractivity contribution in [2.45, 2.75) is 25.9 Å². The Morgan fingerprint density at radius 3 is 2.58 bits per heavy atom. The molecule has 4 rings (SSSR count). The minimum atomic E-state index is -0.420. The summed E-state index contributed by atoms with van der Waals surface area (Å²) in [6.45, 7) is 6.51. The van der Waals surface area contributed by atoms with Crippen molar-refractivity contribution >= 4 is 17.5 Å². The second kappa shape index (κ2) is 9.45. The van der Waals surface area contributed by atoms with Gasteiger partial charge in [0, 0.05) is 51.0 Å². The van der Waals surface area contributed by atoms with Crippen LogP contribution >= 0.6 is 0 Å². The summed E-state index contributed by atoms with van der Waals surface area (Å²) < 4.78 is 6.95. The van der Waals surface area contributed by atoms with Crippen molar-refractivity contribution < 1.29 is 14.3 Å². The fraction of sp³-hybridized carbons (Fsp3) is 0.435. The van der Waals surface area contributed by atoms with E-state index in [1.165, 1.54) is 0 Å². The zero-order valence-corrected chi connectivity index (χ0v) is 17.8. The second-order valence-electron chi connectivity index (χ2n) is 8.04. The summed E-state index contributed by atoms with van der Waals surface area (Å²) in [4.78, 5) is 42.3. The van der Waals surface area contributed by atoms with Crippen LogP contribution in [0.2, 0.25) is 0 Å². The molecule has 1 N–H and O–H groups in total. The highest BCUT2D eigenvalue weighted by molar-refractivity contribution is 5.99. The topological polar surface area (TPSA) is 83.9 Å². The smallest absolute Gasteiger partial charge is 0.263 e. The van der Waals surface area contributed by atoms with Gasteiger partial charge in [0.1, 0.15) is 5.56 Å². The van der Waals surface area contributed by atoms with Crippen LogP contribution < -0.4 is 15.8 Å². The van der Waals surface area contributed by atoms with Crippen molar-refractivity contribution in [3.05, 3.63) is 64.1 Å². The van der Waals surface area contributed by atoms with Gasteiger partial charge in [-0.25, -0.2) is 0 Å². The second-order valence-corrected chi connectivity index (χ2v) is 8.04. The van der Waals surface area contributed by atoms with Crippen molar-refractivity contribution in [3.8, 4) is 0 Å². The van der Waals surface area contributed by atoms with E-state index in [2.05, 4.69) is 10.2 Å². The largest absolute Gasteiger partial charge is 0.379 e. The third kappa shape index (κ3) is 4.86. The Bertz CT molecular complexity index is 998. The maximum Gasteiger partial charge on any atom is 0.263 e. The number of nitrogens with one attached hydrogen (secondary N) is 1. The van der Waals surface area contributed by atoms with Crippen molar-refractivity contribution in [1.82, 2.24) is 14.8 Å². The van der Waals surface area contributed by atoms with E-state index >= 15 is 0 Å². The van der Waals surface area contributed by atoms with E-state index in [1.54, 1.807) is 28.7 Å². The molecule has 31 heavy (non-hydrogen) atoms. The fourth-order valence-corrected chi connectivity index (χ4v) is 4.11. The first kappa shape index (κ1) is 21.3.